The number of likely N-dealkylation sites (N-methyl/N-ethyl adjacent to an activating group) is 1. The van der Waals surface area contributed by atoms with Crippen LogP contribution in [0.5, 0.6) is 5.75 Å². The quantitative estimate of drug-likeness (QED) is 0.272. The number of methoxy groups -OCH3 is 2. The number of hydrogen-bond donors (Lipinski definition) is 1. The number of carbonyl (C=O) groups excluding carboxylic acids is 1. The Morgan fingerprint density at radius 1 is 1.00 bits per heavy atom. The highest BCUT2D eigenvalue weighted by Crippen LogP contribution is 2.40. The maximum atomic E-state index is 13.2. The number of rotatable bonds is 8. The van der Waals surface area contributed by atoms with Gasteiger partial charge in [-0.2, -0.15) is 10.2 Å². The third kappa shape index (κ3) is 6.04. The summed E-state index contributed by atoms with van der Waals surface area (Å²) in [6, 6.07) is 14.1. The molecule has 3 aromatic heterocycles. The van der Waals surface area contributed by atoms with Crippen molar-refractivity contribution in [2.45, 2.75) is 37.8 Å². The number of aromatic nitrogens is 6. The first-order valence-electron chi connectivity index (χ1n) is 16.0. The van der Waals surface area contributed by atoms with E-state index in [-0.39, 0.29) is 18.1 Å². The maximum absolute atomic E-state index is 13.2. The molecule has 11 nitrogen and oxygen atoms in total. The van der Waals surface area contributed by atoms with Crippen molar-refractivity contribution in [3.05, 3.63) is 89.3 Å². The summed E-state index contributed by atoms with van der Waals surface area (Å²) in [4.78, 5) is 25.3. The Bertz CT molecular complexity index is 1930. The van der Waals surface area contributed by atoms with Gasteiger partial charge in [0.1, 0.15) is 11.6 Å². The number of likely N-dealkylation sites (tertiary alicyclic amines) is 1. The molecule has 1 saturated heterocycles. The number of fused-ring (bicyclic) bond motifs is 3. The Morgan fingerprint density at radius 2 is 1.81 bits per heavy atom. The minimum atomic E-state index is -0.137. The number of nitrogens with zero attached hydrogens (tertiary/aromatic N) is 7. The molecule has 1 aliphatic carbocycles. The summed E-state index contributed by atoms with van der Waals surface area (Å²) < 4.78 is 15.2. The molecule has 11 heteroatoms. The number of amides is 1. The van der Waals surface area contributed by atoms with E-state index < -0.39 is 0 Å². The lowest BCUT2D eigenvalue weighted by Gasteiger charge is -2.36. The third-order valence-electron chi connectivity index (χ3n) is 9.38. The SMILES string of the molecule is COc1cc(C(=O)N[C@@H]2CCN(C)C[C@H]2OC)ccc1Cc1ncc2c(n1)-c1c(nn(C)c1-c1ccc(-c3cnn(C)c3)cc1)CC2. The molecule has 0 unspecified atom stereocenters. The number of piperidine rings is 1. The first-order chi connectivity index (χ1) is 22.8. The molecule has 7 rings (SSSR count). The topological polar surface area (TPSA) is 112 Å². The molecule has 1 fully saturated rings. The highest BCUT2D eigenvalue weighted by atomic mass is 16.5. The van der Waals surface area contributed by atoms with Crippen molar-refractivity contribution in [1.29, 1.82) is 0 Å². The normalized spacial score (nSPS) is 17.6. The van der Waals surface area contributed by atoms with E-state index in [0.717, 1.165) is 82.8 Å². The molecular formula is C36H40N8O3. The van der Waals surface area contributed by atoms with Crippen molar-refractivity contribution in [3.8, 4) is 39.4 Å². The minimum Gasteiger partial charge on any atom is -0.496 e. The van der Waals surface area contributed by atoms with Crippen LogP contribution in [0, 0.1) is 0 Å². The van der Waals surface area contributed by atoms with Crippen LogP contribution in [0.2, 0.25) is 0 Å². The third-order valence-corrected chi connectivity index (χ3v) is 9.38. The molecule has 1 amide bonds. The molecule has 5 aromatic rings. The summed E-state index contributed by atoms with van der Waals surface area (Å²) in [7, 11) is 9.31. The van der Waals surface area contributed by atoms with Gasteiger partial charge in [0.2, 0.25) is 0 Å². The van der Waals surface area contributed by atoms with Gasteiger partial charge >= 0.3 is 0 Å². The summed E-state index contributed by atoms with van der Waals surface area (Å²) >= 11 is 0. The van der Waals surface area contributed by atoms with Crippen LogP contribution in [-0.2, 0) is 38.1 Å². The zero-order valence-corrected chi connectivity index (χ0v) is 27.5. The van der Waals surface area contributed by atoms with Crippen molar-refractivity contribution in [2.24, 2.45) is 14.1 Å². The predicted octanol–water partition coefficient (Wildman–Crippen LogP) is 4.09. The van der Waals surface area contributed by atoms with Gasteiger partial charge in [-0.25, -0.2) is 9.97 Å². The number of ether oxygens (including phenoxy) is 2. The zero-order valence-electron chi connectivity index (χ0n) is 27.5. The Kier molecular flexibility index (Phi) is 8.33. The minimum absolute atomic E-state index is 0.0420. The molecule has 2 aromatic carbocycles. The van der Waals surface area contributed by atoms with Gasteiger partial charge in [-0.3, -0.25) is 14.2 Å². The van der Waals surface area contributed by atoms with Crippen LogP contribution in [0.4, 0.5) is 0 Å². The molecule has 0 saturated carbocycles. The molecule has 0 radical (unpaired) electrons. The first-order valence-corrected chi connectivity index (χ1v) is 16.0. The van der Waals surface area contributed by atoms with E-state index in [9.17, 15) is 4.79 Å². The predicted molar refractivity (Wildman–Crippen MR) is 179 cm³/mol. The van der Waals surface area contributed by atoms with Gasteiger partial charge in [-0.1, -0.05) is 30.3 Å². The number of benzene rings is 2. The number of aryl methyl sites for hydroxylation is 4. The molecule has 47 heavy (non-hydrogen) atoms. The van der Waals surface area contributed by atoms with E-state index in [1.54, 1.807) is 20.3 Å². The number of carbonyl (C=O) groups is 1. The van der Waals surface area contributed by atoms with E-state index in [2.05, 4.69) is 46.6 Å². The standard InChI is InChI=1S/C36H40N8O3/c1-42-15-14-28(31(21-42)47-5)39-36(45)25-11-10-24(30(16-25)46-4)17-32-37-18-26-12-13-29-33(34(26)40-32)35(44(3)41-29)23-8-6-22(7-9-23)27-19-38-43(2)20-27/h6-11,16,18-20,28,31H,12-15,17,21H2,1-5H3,(H,39,45)/t28-,31-/m1/s1. The van der Waals surface area contributed by atoms with Crippen molar-refractivity contribution in [2.75, 3.05) is 34.4 Å². The molecule has 0 bridgehead atoms. The molecule has 242 valence electrons. The number of hydrogen-bond acceptors (Lipinski definition) is 8. The average Bonchev–Trinajstić information content (AvgIpc) is 3.68. The smallest absolute Gasteiger partial charge is 0.251 e. The maximum Gasteiger partial charge on any atom is 0.251 e. The van der Waals surface area contributed by atoms with Crippen molar-refractivity contribution < 1.29 is 14.3 Å². The lowest BCUT2D eigenvalue weighted by Crippen LogP contribution is -2.53. The van der Waals surface area contributed by atoms with Crippen LogP contribution < -0.4 is 10.1 Å². The second-order valence-electron chi connectivity index (χ2n) is 12.5. The van der Waals surface area contributed by atoms with E-state index in [4.69, 9.17) is 24.5 Å². The summed E-state index contributed by atoms with van der Waals surface area (Å²) in [5.74, 6) is 1.17. The van der Waals surface area contributed by atoms with Crippen molar-refractivity contribution >= 4 is 5.91 Å². The second-order valence-corrected chi connectivity index (χ2v) is 12.5. The molecule has 1 N–H and O–H groups in total. The Balaban J connectivity index is 1.14. The van der Waals surface area contributed by atoms with Gasteiger partial charge in [0.15, 0.2) is 0 Å². The van der Waals surface area contributed by atoms with Gasteiger partial charge in [0, 0.05) is 74.4 Å². The second kappa shape index (κ2) is 12.7. The van der Waals surface area contributed by atoms with Crippen LogP contribution in [0.25, 0.3) is 33.6 Å². The molecule has 1 aliphatic heterocycles. The van der Waals surface area contributed by atoms with E-state index >= 15 is 0 Å². The summed E-state index contributed by atoms with van der Waals surface area (Å²) in [6.45, 7) is 1.69. The Labute approximate surface area is 274 Å². The van der Waals surface area contributed by atoms with E-state index in [1.165, 1.54) is 0 Å². The van der Waals surface area contributed by atoms with Gasteiger partial charge in [-0.05, 0) is 56.1 Å². The largest absolute Gasteiger partial charge is 0.496 e. The molecular weight excluding hydrogens is 592 g/mol. The fraction of sp³-hybridized carbons (Fsp3) is 0.361. The van der Waals surface area contributed by atoms with Crippen LogP contribution in [0.1, 0.15) is 39.4 Å². The van der Waals surface area contributed by atoms with Gasteiger partial charge < -0.3 is 19.7 Å². The fourth-order valence-electron chi connectivity index (χ4n) is 6.84. The fourth-order valence-corrected chi connectivity index (χ4v) is 6.84. The van der Waals surface area contributed by atoms with Gasteiger partial charge in [0.25, 0.3) is 5.91 Å². The number of nitrogens with one attached hydrogen (secondary N) is 1. The van der Waals surface area contributed by atoms with Crippen molar-refractivity contribution in [1.82, 2.24) is 39.7 Å². The Morgan fingerprint density at radius 3 is 2.55 bits per heavy atom. The zero-order chi connectivity index (χ0) is 32.7. The average molecular weight is 633 g/mol. The van der Waals surface area contributed by atoms with E-state index in [0.29, 0.717) is 23.6 Å². The molecule has 4 heterocycles. The Hall–Kier alpha value is -4.87. The molecule has 2 aliphatic rings. The lowest BCUT2D eigenvalue weighted by molar-refractivity contribution is 0.0142. The molecule has 0 spiro atoms. The van der Waals surface area contributed by atoms with E-state index in [1.807, 2.05) is 54.2 Å². The summed E-state index contributed by atoms with van der Waals surface area (Å²) in [5, 5.41) is 12.4. The van der Waals surface area contributed by atoms with Crippen molar-refractivity contribution in [3.63, 3.8) is 0 Å². The summed E-state index contributed by atoms with van der Waals surface area (Å²) in [5.41, 5.74) is 9.91. The highest BCUT2D eigenvalue weighted by Gasteiger charge is 2.30. The van der Waals surface area contributed by atoms with Crippen LogP contribution in [-0.4, -0.2) is 86.8 Å². The highest BCUT2D eigenvalue weighted by molar-refractivity contribution is 5.95. The van der Waals surface area contributed by atoms with Gasteiger partial charge in [-0.15, -0.1) is 0 Å². The van der Waals surface area contributed by atoms with Crippen LogP contribution in [0.15, 0.2) is 61.1 Å². The van der Waals surface area contributed by atoms with Gasteiger partial charge in [0.05, 0.1) is 42.5 Å². The summed E-state index contributed by atoms with van der Waals surface area (Å²) in [6.07, 6.45) is 8.77. The molecule has 2 atom stereocenters. The van der Waals surface area contributed by atoms with Crippen LogP contribution in [0.3, 0.4) is 0 Å². The lowest BCUT2D eigenvalue weighted by atomic mass is 9.91. The monoisotopic (exact) mass is 632 g/mol. The first kappa shape index (κ1) is 30.8. The van der Waals surface area contributed by atoms with Crippen LogP contribution >= 0.6 is 0 Å².